The van der Waals surface area contributed by atoms with Crippen molar-refractivity contribution in [3.05, 3.63) is 35.4 Å². The van der Waals surface area contributed by atoms with Gasteiger partial charge in [0.2, 0.25) is 0 Å². The molecule has 7 heteroatoms. The maximum atomic E-state index is 12.7. The van der Waals surface area contributed by atoms with E-state index in [2.05, 4.69) is 0 Å². The first kappa shape index (κ1) is 16.0. The Bertz CT molecular complexity index is 584. The van der Waals surface area contributed by atoms with Crippen LogP contribution in [0.4, 0.5) is 13.2 Å². The van der Waals surface area contributed by atoms with Crippen LogP contribution in [0.3, 0.4) is 0 Å². The fourth-order valence-corrected chi connectivity index (χ4v) is 3.50. The first-order valence-electron chi connectivity index (χ1n) is 6.46. The molecule has 1 fully saturated rings. The molecule has 0 aromatic heterocycles. The molecule has 1 saturated heterocycles. The van der Waals surface area contributed by atoms with Crippen LogP contribution in [-0.4, -0.2) is 38.6 Å². The number of benzene rings is 1. The molecular formula is C14H16F3NO2S. The van der Waals surface area contributed by atoms with E-state index in [0.717, 1.165) is 12.1 Å². The van der Waals surface area contributed by atoms with Gasteiger partial charge in [-0.25, -0.2) is 0 Å². The minimum absolute atomic E-state index is 0.00769. The predicted molar refractivity (Wildman–Crippen MR) is 74.4 cm³/mol. The second-order valence-electron chi connectivity index (χ2n) is 5.61. The summed E-state index contributed by atoms with van der Waals surface area (Å²) in [4.78, 5) is 13.8. The van der Waals surface area contributed by atoms with E-state index in [1.54, 1.807) is 13.8 Å². The fourth-order valence-electron chi connectivity index (χ4n) is 2.26. The van der Waals surface area contributed by atoms with Crippen LogP contribution in [0.2, 0.25) is 0 Å². The Kier molecular flexibility index (Phi) is 4.15. The topological polar surface area (TPSA) is 37.4 Å². The lowest BCUT2D eigenvalue weighted by molar-refractivity contribution is -0.137. The Labute approximate surface area is 123 Å². The van der Waals surface area contributed by atoms with Crippen LogP contribution in [0, 0.1) is 0 Å². The van der Waals surface area contributed by atoms with Gasteiger partial charge >= 0.3 is 6.18 Å². The van der Waals surface area contributed by atoms with Crippen molar-refractivity contribution < 1.29 is 22.2 Å². The van der Waals surface area contributed by atoms with Gasteiger partial charge in [0.15, 0.2) is 0 Å². The highest BCUT2D eigenvalue weighted by molar-refractivity contribution is 7.86. The number of rotatable bonds is 1. The Morgan fingerprint density at radius 2 is 2.00 bits per heavy atom. The molecular weight excluding hydrogens is 303 g/mol. The van der Waals surface area contributed by atoms with E-state index in [9.17, 15) is 22.2 Å². The summed E-state index contributed by atoms with van der Waals surface area (Å²) in [6.07, 6.45) is -4.47. The SMILES string of the molecule is CC1(C)CN(C(=O)c2cccc(C(F)(F)F)c2)CC[S@]1=O. The summed E-state index contributed by atoms with van der Waals surface area (Å²) in [5.74, 6) is -0.108. The zero-order valence-electron chi connectivity index (χ0n) is 11.7. The van der Waals surface area contributed by atoms with Crippen LogP contribution in [0.25, 0.3) is 0 Å². The molecule has 0 saturated carbocycles. The number of halogens is 3. The zero-order valence-corrected chi connectivity index (χ0v) is 12.6. The quantitative estimate of drug-likeness (QED) is 0.798. The fraction of sp³-hybridized carbons (Fsp3) is 0.500. The van der Waals surface area contributed by atoms with Gasteiger partial charge < -0.3 is 4.90 Å². The van der Waals surface area contributed by atoms with Crippen molar-refractivity contribution in [2.24, 2.45) is 0 Å². The molecule has 1 amide bonds. The van der Waals surface area contributed by atoms with Crippen molar-refractivity contribution in [2.75, 3.05) is 18.8 Å². The summed E-state index contributed by atoms with van der Waals surface area (Å²) in [7, 11) is -1.04. The lowest BCUT2D eigenvalue weighted by Crippen LogP contribution is -2.52. The third kappa shape index (κ3) is 3.45. The van der Waals surface area contributed by atoms with E-state index in [4.69, 9.17) is 0 Å². The van der Waals surface area contributed by atoms with Gasteiger partial charge in [0.1, 0.15) is 0 Å². The highest BCUT2D eigenvalue weighted by atomic mass is 32.2. The summed E-state index contributed by atoms with van der Waals surface area (Å²) in [5.41, 5.74) is -0.832. The molecule has 1 heterocycles. The van der Waals surface area contributed by atoms with Gasteiger partial charge in [-0.15, -0.1) is 0 Å². The van der Waals surface area contributed by atoms with E-state index in [1.807, 2.05) is 0 Å². The average molecular weight is 319 g/mol. The minimum Gasteiger partial charge on any atom is -0.336 e. The molecule has 1 aliphatic heterocycles. The van der Waals surface area contributed by atoms with E-state index in [-0.39, 0.29) is 12.1 Å². The Hall–Kier alpha value is -1.37. The van der Waals surface area contributed by atoms with Crippen molar-refractivity contribution >= 4 is 16.7 Å². The van der Waals surface area contributed by atoms with Crippen molar-refractivity contribution in [1.82, 2.24) is 4.90 Å². The van der Waals surface area contributed by atoms with E-state index in [0.29, 0.717) is 12.3 Å². The van der Waals surface area contributed by atoms with Gasteiger partial charge in [-0.1, -0.05) is 6.07 Å². The molecule has 116 valence electrons. The number of carbonyl (C=O) groups excluding carboxylic acids is 1. The third-order valence-corrected chi connectivity index (χ3v) is 5.37. The first-order chi connectivity index (χ1) is 9.61. The molecule has 2 rings (SSSR count). The average Bonchev–Trinajstić information content (AvgIpc) is 2.40. The van der Waals surface area contributed by atoms with Crippen LogP contribution in [0.5, 0.6) is 0 Å². The molecule has 0 N–H and O–H groups in total. The molecule has 21 heavy (non-hydrogen) atoms. The Balaban J connectivity index is 2.23. The predicted octanol–water partition coefficient (Wildman–Crippen LogP) is 2.69. The third-order valence-electron chi connectivity index (χ3n) is 3.46. The number of hydrogen-bond acceptors (Lipinski definition) is 2. The van der Waals surface area contributed by atoms with Crippen LogP contribution >= 0.6 is 0 Å². The molecule has 0 unspecified atom stereocenters. The summed E-state index contributed by atoms with van der Waals surface area (Å²) >= 11 is 0. The lowest BCUT2D eigenvalue weighted by Gasteiger charge is -2.37. The molecule has 0 radical (unpaired) electrons. The van der Waals surface area contributed by atoms with Crippen LogP contribution in [0.1, 0.15) is 29.8 Å². The standard InChI is InChI=1S/C14H16F3NO2S/c1-13(2)9-18(6-7-21(13)20)12(19)10-4-3-5-11(8-10)14(15,16)17/h3-5,8H,6-7,9H2,1-2H3/t21-/m1/s1. The van der Waals surface area contributed by atoms with E-state index in [1.165, 1.54) is 17.0 Å². The monoisotopic (exact) mass is 319 g/mol. The second kappa shape index (κ2) is 5.44. The van der Waals surface area contributed by atoms with Crippen molar-refractivity contribution in [1.29, 1.82) is 0 Å². The normalized spacial score (nSPS) is 22.1. The van der Waals surface area contributed by atoms with E-state index >= 15 is 0 Å². The highest BCUT2D eigenvalue weighted by Crippen LogP contribution is 2.30. The summed E-state index contributed by atoms with van der Waals surface area (Å²) in [5, 5.41) is 0. The molecule has 1 aromatic carbocycles. The van der Waals surface area contributed by atoms with Gasteiger partial charge in [0.05, 0.1) is 10.3 Å². The van der Waals surface area contributed by atoms with Gasteiger partial charge in [-0.3, -0.25) is 9.00 Å². The largest absolute Gasteiger partial charge is 0.416 e. The number of alkyl halides is 3. The first-order valence-corrected chi connectivity index (χ1v) is 7.78. The highest BCUT2D eigenvalue weighted by Gasteiger charge is 2.36. The van der Waals surface area contributed by atoms with Crippen molar-refractivity contribution in [3.63, 3.8) is 0 Å². The molecule has 0 aliphatic carbocycles. The van der Waals surface area contributed by atoms with Crippen molar-refractivity contribution in [3.8, 4) is 0 Å². The number of nitrogens with zero attached hydrogens (tertiary/aromatic N) is 1. The van der Waals surface area contributed by atoms with Gasteiger partial charge in [0, 0.05) is 35.2 Å². The maximum absolute atomic E-state index is 12.7. The summed E-state index contributed by atoms with van der Waals surface area (Å²) in [6.45, 7) is 4.14. The van der Waals surface area contributed by atoms with Crippen molar-refractivity contribution in [2.45, 2.75) is 24.8 Å². The number of hydrogen-bond donors (Lipinski definition) is 0. The molecule has 1 aliphatic rings. The summed E-state index contributed by atoms with van der Waals surface area (Å²) in [6, 6.07) is 4.40. The smallest absolute Gasteiger partial charge is 0.336 e. The molecule has 0 bridgehead atoms. The summed E-state index contributed by atoms with van der Waals surface area (Å²) < 4.78 is 49.3. The molecule has 1 atom stereocenters. The van der Waals surface area contributed by atoms with Crippen LogP contribution in [0.15, 0.2) is 24.3 Å². The molecule has 0 spiro atoms. The van der Waals surface area contributed by atoms with Gasteiger partial charge in [-0.2, -0.15) is 13.2 Å². The Morgan fingerprint density at radius 3 is 2.57 bits per heavy atom. The number of carbonyl (C=O) groups is 1. The van der Waals surface area contributed by atoms with Gasteiger partial charge in [-0.05, 0) is 32.0 Å². The lowest BCUT2D eigenvalue weighted by atomic mass is 10.1. The number of amides is 1. The Morgan fingerprint density at radius 1 is 1.33 bits per heavy atom. The zero-order chi connectivity index (χ0) is 15.8. The van der Waals surface area contributed by atoms with E-state index < -0.39 is 33.2 Å². The second-order valence-corrected chi connectivity index (χ2v) is 7.82. The molecule has 1 aromatic rings. The maximum Gasteiger partial charge on any atom is 0.416 e. The molecule has 3 nitrogen and oxygen atoms in total. The van der Waals surface area contributed by atoms with Crippen LogP contribution in [-0.2, 0) is 17.0 Å². The van der Waals surface area contributed by atoms with Gasteiger partial charge in [0.25, 0.3) is 5.91 Å². The minimum atomic E-state index is -4.47. The van der Waals surface area contributed by atoms with Crippen LogP contribution < -0.4 is 0 Å².